The molecule has 29 heavy (non-hydrogen) atoms. The van der Waals surface area contributed by atoms with E-state index in [1.54, 1.807) is 39.1 Å². The van der Waals surface area contributed by atoms with Gasteiger partial charge < -0.3 is 10.1 Å². The van der Waals surface area contributed by atoms with Crippen LogP contribution in [0.15, 0.2) is 52.5 Å². The lowest BCUT2D eigenvalue weighted by Gasteiger charge is -2.21. The molecule has 0 unspecified atom stereocenters. The van der Waals surface area contributed by atoms with Crippen molar-refractivity contribution in [2.45, 2.75) is 56.2 Å². The highest BCUT2D eigenvalue weighted by Gasteiger charge is 2.24. The van der Waals surface area contributed by atoms with Gasteiger partial charge in [0, 0.05) is 16.6 Å². The van der Waals surface area contributed by atoms with Gasteiger partial charge in [0.2, 0.25) is 0 Å². The number of carbonyl (C=O) groups excluding carboxylic acids is 3. The zero-order chi connectivity index (χ0) is 21.6. The van der Waals surface area contributed by atoms with E-state index in [9.17, 15) is 14.4 Å². The number of hydrogen-bond donors (Lipinski definition) is 2. The number of nitrogens with zero attached hydrogens (tertiary/aromatic N) is 1. The van der Waals surface area contributed by atoms with Gasteiger partial charge in [0.05, 0.1) is 5.56 Å². The maximum Gasteiger partial charge on any atom is 0.341 e. The minimum atomic E-state index is -1.15. The number of rotatable bonds is 5. The molecule has 7 nitrogen and oxygen atoms in total. The van der Waals surface area contributed by atoms with Crippen molar-refractivity contribution in [3.05, 3.63) is 53.7 Å². The highest BCUT2D eigenvalue weighted by Crippen LogP contribution is 2.29. The van der Waals surface area contributed by atoms with Crippen molar-refractivity contribution in [3.63, 3.8) is 0 Å². The van der Waals surface area contributed by atoms with Gasteiger partial charge >= 0.3 is 12.0 Å². The minimum Gasteiger partial charge on any atom is -0.449 e. The zero-order valence-electron chi connectivity index (χ0n) is 17.1. The Labute approximate surface area is 174 Å². The predicted octanol–water partition coefficient (Wildman–Crippen LogP) is 3.71. The summed E-state index contributed by atoms with van der Waals surface area (Å²) in [5, 5.41) is 5.24. The van der Waals surface area contributed by atoms with Crippen LogP contribution in [0.5, 0.6) is 0 Å². The van der Waals surface area contributed by atoms with E-state index < -0.39 is 29.6 Å². The number of imide groups is 1. The maximum atomic E-state index is 12.6. The molecule has 8 heteroatoms. The highest BCUT2D eigenvalue weighted by molar-refractivity contribution is 7.99. The van der Waals surface area contributed by atoms with Gasteiger partial charge in [0.15, 0.2) is 6.10 Å². The molecule has 1 aromatic carbocycles. The summed E-state index contributed by atoms with van der Waals surface area (Å²) in [6.45, 7) is 8.76. The Balaban J connectivity index is 2.04. The van der Waals surface area contributed by atoms with Gasteiger partial charge in [-0.1, -0.05) is 29.5 Å². The molecule has 2 N–H and O–H groups in total. The first kappa shape index (κ1) is 22.4. The monoisotopic (exact) mass is 415 g/mol. The second-order valence-electron chi connectivity index (χ2n) is 7.51. The highest BCUT2D eigenvalue weighted by atomic mass is 32.2. The molecule has 3 amide bonds. The van der Waals surface area contributed by atoms with Gasteiger partial charge in [0.25, 0.3) is 5.91 Å². The molecular formula is C21H25N3O4S. The van der Waals surface area contributed by atoms with Crippen LogP contribution in [-0.2, 0) is 9.53 Å². The van der Waals surface area contributed by atoms with Crippen LogP contribution in [0.3, 0.4) is 0 Å². The molecule has 154 valence electrons. The quantitative estimate of drug-likeness (QED) is 0.723. The SMILES string of the molecule is Cc1ccc(Sc2ncccc2C(=O)O[C@H](C)C(=O)NC(=O)NC(C)(C)C)cc1. The molecule has 0 aliphatic heterocycles. The van der Waals surface area contributed by atoms with Gasteiger partial charge in [-0.05, 0) is 58.9 Å². The van der Waals surface area contributed by atoms with Crippen LogP contribution in [0.1, 0.15) is 43.6 Å². The molecule has 0 aliphatic carbocycles. The van der Waals surface area contributed by atoms with Crippen LogP contribution < -0.4 is 10.6 Å². The summed E-state index contributed by atoms with van der Waals surface area (Å²) in [6.07, 6.45) is 0.436. The Morgan fingerprint density at radius 3 is 2.38 bits per heavy atom. The van der Waals surface area contributed by atoms with Crippen molar-refractivity contribution in [2.75, 3.05) is 0 Å². The normalized spacial score (nSPS) is 12.0. The summed E-state index contributed by atoms with van der Waals surface area (Å²) in [5.41, 5.74) is 0.879. The van der Waals surface area contributed by atoms with Crippen molar-refractivity contribution < 1.29 is 19.1 Å². The van der Waals surface area contributed by atoms with E-state index in [2.05, 4.69) is 15.6 Å². The van der Waals surface area contributed by atoms with E-state index in [0.717, 1.165) is 10.5 Å². The molecule has 0 saturated heterocycles. The van der Waals surface area contributed by atoms with E-state index in [0.29, 0.717) is 5.03 Å². The van der Waals surface area contributed by atoms with Crippen LogP contribution >= 0.6 is 11.8 Å². The summed E-state index contributed by atoms with van der Waals surface area (Å²) in [6, 6.07) is 10.4. The third kappa shape index (κ3) is 7.23. The van der Waals surface area contributed by atoms with Crippen LogP contribution in [0.4, 0.5) is 4.79 Å². The molecule has 1 aromatic heterocycles. The Hall–Kier alpha value is -2.87. The van der Waals surface area contributed by atoms with E-state index in [-0.39, 0.29) is 5.56 Å². The average molecular weight is 416 g/mol. The molecule has 0 spiro atoms. The summed E-state index contributed by atoms with van der Waals surface area (Å²) in [4.78, 5) is 41.7. The maximum absolute atomic E-state index is 12.6. The lowest BCUT2D eigenvalue weighted by Crippen LogP contribution is -2.50. The van der Waals surface area contributed by atoms with Gasteiger partial charge in [-0.2, -0.15) is 0 Å². The number of amides is 3. The van der Waals surface area contributed by atoms with Crippen molar-refractivity contribution in [1.82, 2.24) is 15.6 Å². The van der Waals surface area contributed by atoms with Gasteiger partial charge in [-0.3, -0.25) is 10.1 Å². The largest absolute Gasteiger partial charge is 0.449 e. The number of esters is 1. The first-order valence-corrected chi connectivity index (χ1v) is 9.90. The molecule has 2 rings (SSSR count). The first-order chi connectivity index (χ1) is 13.5. The fourth-order valence-corrected chi connectivity index (χ4v) is 3.08. The first-order valence-electron chi connectivity index (χ1n) is 9.08. The third-order valence-electron chi connectivity index (χ3n) is 3.60. The molecule has 2 aromatic rings. The zero-order valence-corrected chi connectivity index (χ0v) is 17.9. The number of aromatic nitrogens is 1. The molecule has 1 heterocycles. The number of benzene rings is 1. The Morgan fingerprint density at radius 1 is 1.10 bits per heavy atom. The molecule has 0 aliphatic rings. The van der Waals surface area contributed by atoms with Crippen LogP contribution in [0.25, 0.3) is 0 Å². The summed E-state index contributed by atoms with van der Waals surface area (Å²) < 4.78 is 5.24. The van der Waals surface area contributed by atoms with Crippen LogP contribution in [-0.4, -0.2) is 34.5 Å². The second kappa shape index (κ2) is 9.56. The van der Waals surface area contributed by atoms with Gasteiger partial charge in [-0.15, -0.1) is 0 Å². The van der Waals surface area contributed by atoms with E-state index in [1.807, 2.05) is 31.2 Å². The van der Waals surface area contributed by atoms with Crippen LogP contribution in [0.2, 0.25) is 0 Å². The summed E-state index contributed by atoms with van der Waals surface area (Å²) >= 11 is 1.33. The number of urea groups is 1. The van der Waals surface area contributed by atoms with Crippen molar-refractivity contribution in [3.8, 4) is 0 Å². The summed E-state index contributed by atoms with van der Waals surface area (Å²) in [5.74, 6) is -1.40. The molecule has 0 bridgehead atoms. The molecule has 1 atom stereocenters. The lowest BCUT2D eigenvalue weighted by molar-refractivity contribution is -0.127. The van der Waals surface area contributed by atoms with Crippen molar-refractivity contribution >= 4 is 29.7 Å². The predicted molar refractivity (Wildman–Crippen MR) is 111 cm³/mol. The minimum absolute atomic E-state index is 0.247. The number of pyridine rings is 1. The number of nitrogens with one attached hydrogen (secondary N) is 2. The fraction of sp³-hybridized carbons (Fsp3) is 0.333. The smallest absolute Gasteiger partial charge is 0.341 e. The Bertz CT molecular complexity index is 892. The lowest BCUT2D eigenvalue weighted by atomic mass is 10.1. The van der Waals surface area contributed by atoms with Crippen molar-refractivity contribution in [2.24, 2.45) is 0 Å². The average Bonchev–Trinajstić information content (AvgIpc) is 2.62. The Morgan fingerprint density at radius 2 is 1.76 bits per heavy atom. The fourth-order valence-electron chi connectivity index (χ4n) is 2.21. The molecule has 0 saturated carbocycles. The third-order valence-corrected chi connectivity index (χ3v) is 4.63. The number of aryl methyl sites for hydroxylation is 1. The number of carbonyl (C=O) groups is 3. The van der Waals surface area contributed by atoms with Gasteiger partial charge in [0.1, 0.15) is 5.03 Å². The second-order valence-corrected chi connectivity index (χ2v) is 8.57. The summed E-state index contributed by atoms with van der Waals surface area (Å²) in [7, 11) is 0. The van der Waals surface area contributed by atoms with E-state index in [4.69, 9.17) is 4.74 Å². The Kier molecular flexibility index (Phi) is 7.39. The van der Waals surface area contributed by atoms with E-state index >= 15 is 0 Å². The molecular weight excluding hydrogens is 390 g/mol. The number of hydrogen-bond acceptors (Lipinski definition) is 6. The standard InChI is InChI=1S/C21H25N3O4S/c1-13-8-10-15(11-9-13)29-18-16(7-6-12-22-18)19(26)28-14(2)17(25)23-20(27)24-21(3,4)5/h6-12,14H,1-5H3,(H2,23,24,25,27)/t14-/m1/s1. The van der Waals surface area contributed by atoms with Gasteiger partial charge in [-0.25, -0.2) is 14.6 Å². The molecule has 0 fully saturated rings. The molecule has 0 radical (unpaired) electrons. The van der Waals surface area contributed by atoms with Crippen LogP contribution in [0, 0.1) is 6.92 Å². The number of ether oxygens (including phenoxy) is 1. The topological polar surface area (TPSA) is 97.4 Å². The van der Waals surface area contributed by atoms with Crippen molar-refractivity contribution in [1.29, 1.82) is 0 Å². The van der Waals surface area contributed by atoms with E-state index in [1.165, 1.54) is 18.7 Å².